The van der Waals surface area contributed by atoms with Gasteiger partial charge in [0.2, 0.25) is 9.84 Å². The van der Waals surface area contributed by atoms with E-state index >= 15 is 0 Å². The normalized spacial score (nSPS) is 13.9. The van der Waals surface area contributed by atoms with Crippen LogP contribution in [0.25, 0.3) is 0 Å². The van der Waals surface area contributed by atoms with Crippen molar-refractivity contribution in [1.82, 2.24) is 0 Å². The summed E-state index contributed by atoms with van der Waals surface area (Å²) in [6, 6.07) is 3.94. The van der Waals surface area contributed by atoms with Crippen molar-refractivity contribution in [2.24, 2.45) is 0 Å². The minimum Gasteiger partial charge on any atom is -0.397 e. The first-order valence-electron chi connectivity index (χ1n) is 3.92. The molecule has 1 aromatic carbocycles. The van der Waals surface area contributed by atoms with Gasteiger partial charge in [0.15, 0.2) is 5.44 Å². The van der Waals surface area contributed by atoms with Crippen molar-refractivity contribution in [2.45, 2.75) is 17.3 Å². The molecule has 0 fully saturated rings. The Kier molecular flexibility index (Phi) is 2.68. The van der Waals surface area contributed by atoms with Gasteiger partial charge in [-0.3, -0.25) is 0 Å². The van der Waals surface area contributed by atoms with Crippen LogP contribution in [0.3, 0.4) is 0 Å². The zero-order chi connectivity index (χ0) is 10.9. The second kappa shape index (κ2) is 3.47. The second-order valence-corrected chi connectivity index (χ2v) is 5.18. The first-order valence-corrected chi connectivity index (χ1v) is 5.47. The summed E-state index contributed by atoms with van der Waals surface area (Å²) in [5, 5.41) is 9.03. The Morgan fingerprint density at radius 3 is 2.29 bits per heavy atom. The highest BCUT2D eigenvalue weighted by molar-refractivity contribution is 7.91. The van der Waals surface area contributed by atoms with Crippen molar-refractivity contribution in [3.8, 4) is 0 Å². The molecule has 0 saturated heterocycles. The Bertz CT molecular complexity index is 440. The topological polar surface area (TPSA) is 106 Å². The first kappa shape index (κ1) is 10.8. The number of sulfone groups is 1. The van der Waals surface area contributed by atoms with E-state index in [4.69, 9.17) is 16.6 Å². The van der Waals surface area contributed by atoms with E-state index in [-0.39, 0.29) is 10.6 Å². The van der Waals surface area contributed by atoms with E-state index in [1.54, 1.807) is 0 Å². The molecule has 1 aromatic rings. The summed E-state index contributed by atoms with van der Waals surface area (Å²) in [5.41, 5.74) is 9.92. The molecular weight excluding hydrogens is 204 g/mol. The highest BCUT2D eigenvalue weighted by Crippen LogP contribution is 2.21. The molecule has 0 aromatic heterocycles. The van der Waals surface area contributed by atoms with Crippen molar-refractivity contribution < 1.29 is 13.5 Å². The third-order valence-electron chi connectivity index (χ3n) is 1.84. The Morgan fingerprint density at radius 2 is 1.86 bits per heavy atom. The van der Waals surface area contributed by atoms with Gasteiger partial charge in [-0.2, -0.15) is 0 Å². The molecule has 0 aliphatic rings. The van der Waals surface area contributed by atoms with E-state index in [0.29, 0.717) is 5.69 Å². The summed E-state index contributed by atoms with van der Waals surface area (Å²) in [4.78, 5) is -0.0285. The number of rotatable bonds is 2. The Morgan fingerprint density at radius 1 is 1.29 bits per heavy atom. The van der Waals surface area contributed by atoms with Crippen LogP contribution in [-0.2, 0) is 9.84 Å². The maximum Gasteiger partial charge on any atom is 0.204 e. The van der Waals surface area contributed by atoms with Gasteiger partial charge >= 0.3 is 0 Å². The molecule has 0 bridgehead atoms. The first-order chi connectivity index (χ1) is 6.35. The van der Waals surface area contributed by atoms with Gasteiger partial charge in [0.05, 0.1) is 16.3 Å². The second-order valence-electron chi connectivity index (χ2n) is 2.94. The highest BCUT2D eigenvalue weighted by atomic mass is 32.2. The number of nitrogens with two attached hydrogens (primary N) is 2. The van der Waals surface area contributed by atoms with Gasteiger partial charge in [-0.1, -0.05) is 0 Å². The largest absolute Gasteiger partial charge is 0.397 e. The number of benzene rings is 1. The number of anilines is 2. The van der Waals surface area contributed by atoms with Gasteiger partial charge < -0.3 is 16.6 Å². The fourth-order valence-corrected chi connectivity index (χ4v) is 1.87. The molecule has 0 spiro atoms. The van der Waals surface area contributed by atoms with Gasteiger partial charge in [0, 0.05) is 0 Å². The van der Waals surface area contributed by atoms with Crippen molar-refractivity contribution in [1.29, 1.82) is 0 Å². The zero-order valence-electron chi connectivity index (χ0n) is 7.64. The summed E-state index contributed by atoms with van der Waals surface area (Å²) in [7, 11) is -3.70. The SMILES string of the molecule is CC(O)S(=O)(=O)c1ccc(N)c(N)c1. The maximum absolute atomic E-state index is 11.4. The Labute approximate surface area is 82.3 Å². The third-order valence-corrected chi connectivity index (χ3v) is 3.65. The van der Waals surface area contributed by atoms with Crippen LogP contribution in [0.2, 0.25) is 0 Å². The lowest BCUT2D eigenvalue weighted by Gasteiger charge is -2.08. The van der Waals surface area contributed by atoms with Crippen LogP contribution < -0.4 is 11.5 Å². The van der Waals surface area contributed by atoms with Gasteiger partial charge in [0.25, 0.3) is 0 Å². The van der Waals surface area contributed by atoms with E-state index in [9.17, 15) is 8.42 Å². The predicted octanol–water partition coefficient (Wildman–Crippen LogP) is -0.0370. The fourth-order valence-electron chi connectivity index (χ4n) is 0.927. The van der Waals surface area contributed by atoms with Crippen molar-refractivity contribution in [3.63, 3.8) is 0 Å². The van der Waals surface area contributed by atoms with Crippen molar-refractivity contribution in [2.75, 3.05) is 11.5 Å². The van der Waals surface area contributed by atoms with Gasteiger partial charge in [-0.15, -0.1) is 0 Å². The molecule has 0 heterocycles. The molecule has 0 amide bonds. The van der Waals surface area contributed by atoms with Crippen LogP contribution >= 0.6 is 0 Å². The molecule has 5 N–H and O–H groups in total. The number of aliphatic hydroxyl groups is 1. The molecule has 1 unspecified atom stereocenters. The summed E-state index contributed by atoms with van der Waals surface area (Å²) in [6.07, 6.45) is 0. The Balaban J connectivity index is 3.29. The molecule has 6 heteroatoms. The smallest absolute Gasteiger partial charge is 0.204 e. The highest BCUT2D eigenvalue weighted by Gasteiger charge is 2.21. The molecule has 14 heavy (non-hydrogen) atoms. The molecule has 0 aliphatic carbocycles. The van der Waals surface area contributed by atoms with Crippen LogP contribution in [0.5, 0.6) is 0 Å². The van der Waals surface area contributed by atoms with Crippen LogP contribution in [0.15, 0.2) is 23.1 Å². The lowest BCUT2D eigenvalue weighted by molar-refractivity contribution is 0.268. The van der Waals surface area contributed by atoms with Crippen LogP contribution in [-0.4, -0.2) is 19.0 Å². The lowest BCUT2D eigenvalue weighted by Crippen LogP contribution is -2.17. The van der Waals surface area contributed by atoms with E-state index < -0.39 is 15.3 Å². The summed E-state index contributed by atoms with van der Waals surface area (Å²) >= 11 is 0. The van der Waals surface area contributed by atoms with Crippen molar-refractivity contribution in [3.05, 3.63) is 18.2 Å². The number of hydrogen-bond acceptors (Lipinski definition) is 5. The monoisotopic (exact) mass is 216 g/mol. The van der Waals surface area contributed by atoms with Crippen LogP contribution in [0.4, 0.5) is 11.4 Å². The zero-order valence-corrected chi connectivity index (χ0v) is 8.45. The van der Waals surface area contributed by atoms with E-state index in [1.807, 2.05) is 0 Å². The summed E-state index contributed by atoms with van der Waals surface area (Å²) in [6.45, 7) is 1.18. The third kappa shape index (κ3) is 1.80. The molecule has 1 rings (SSSR count). The lowest BCUT2D eigenvalue weighted by atomic mass is 10.3. The van der Waals surface area contributed by atoms with Crippen LogP contribution in [0.1, 0.15) is 6.92 Å². The van der Waals surface area contributed by atoms with Crippen molar-refractivity contribution >= 4 is 21.2 Å². The molecular formula is C8H12N2O3S. The Hall–Kier alpha value is -1.27. The van der Waals surface area contributed by atoms with Crippen LogP contribution in [0, 0.1) is 0 Å². The van der Waals surface area contributed by atoms with E-state index in [0.717, 1.165) is 0 Å². The maximum atomic E-state index is 11.4. The van der Waals surface area contributed by atoms with Gasteiger partial charge in [-0.25, -0.2) is 8.42 Å². The molecule has 0 saturated carbocycles. The van der Waals surface area contributed by atoms with Gasteiger partial charge in [-0.05, 0) is 25.1 Å². The van der Waals surface area contributed by atoms with Gasteiger partial charge in [0.1, 0.15) is 0 Å². The average molecular weight is 216 g/mol. The van der Waals surface area contributed by atoms with E-state index in [1.165, 1.54) is 25.1 Å². The molecule has 5 nitrogen and oxygen atoms in total. The van der Waals surface area contributed by atoms with E-state index in [2.05, 4.69) is 0 Å². The standard InChI is InChI=1S/C8H12N2O3S/c1-5(11)14(12,13)6-2-3-7(9)8(10)4-6/h2-5,11H,9-10H2,1H3. The average Bonchev–Trinajstić information content (AvgIpc) is 2.09. The summed E-state index contributed by atoms with van der Waals surface area (Å²) in [5.74, 6) is 0. The molecule has 0 aliphatic heterocycles. The summed E-state index contributed by atoms with van der Waals surface area (Å²) < 4.78 is 22.9. The number of aliphatic hydroxyl groups excluding tert-OH is 1. The number of nitrogen functional groups attached to an aromatic ring is 2. The fraction of sp³-hybridized carbons (Fsp3) is 0.250. The minimum atomic E-state index is -3.70. The predicted molar refractivity (Wildman–Crippen MR) is 54.1 cm³/mol. The molecule has 78 valence electrons. The molecule has 1 atom stereocenters. The number of hydrogen-bond donors (Lipinski definition) is 3. The quantitative estimate of drug-likeness (QED) is 0.601. The minimum absolute atomic E-state index is 0.0285. The molecule has 0 radical (unpaired) electrons.